The van der Waals surface area contributed by atoms with E-state index in [-0.39, 0.29) is 0 Å². The molecule has 2 aliphatic rings. The maximum atomic E-state index is 13.5. The lowest BCUT2D eigenvalue weighted by atomic mass is 9.90. The van der Waals surface area contributed by atoms with Gasteiger partial charge in [-0.05, 0) is 39.7 Å². The van der Waals surface area contributed by atoms with E-state index in [4.69, 9.17) is 0 Å². The van der Waals surface area contributed by atoms with Gasteiger partial charge in [-0.15, -0.1) is 0 Å². The average Bonchev–Trinajstić information content (AvgIpc) is 2.60. The largest absolute Gasteiger partial charge is 0.298 e. The second-order valence-corrected chi connectivity index (χ2v) is 4.49. The first-order chi connectivity index (χ1) is 5.04. The molecule has 0 aromatic heterocycles. The third-order valence-corrected chi connectivity index (χ3v) is 3.32. The van der Waals surface area contributed by atoms with Crippen LogP contribution in [0.15, 0.2) is 0 Å². The van der Waals surface area contributed by atoms with Crippen LogP contribution in [-0.4, -0.2) is 29.7 Å². The average molecular weight is 157 g/mol. The molecule has 0 aromatic carbocycles. The van der Waals surface area contributed by atoms with Crippen LogP contribution >= 0.6 is 0 Å². The number of halogens is 1. The minimum atomic E-state index is -0.928. The molecule has 1 aliphatic carbocycles. The molecule has 0 N–H and O–H groups in total. The smallest absolute Gasteiger partial charge is 0.121 e. The Morgan fingerprint density at radius 3 is 2.18 bits per heavy atom. The van der Waals surface area contributed by atoms with Crippen molar-refractivity contribution in [3.8, 4) is 0 Å². The Hall–Kier alpha value is -0.110. The summed E-state index contributed by atoms with van der Waals surface area (Å²) >= 11 is 0. The Kier molecular flexibility index (Phi) is 1.35. The lowest BCUT2D eigenvalue weighted by Gasteiger charge is -2.39. The topological polar surface area (TPSA) is 3.24 Å². The van der Waals surface area contributed by atoms with Gasteiger partial charge >= 0.3 is 0 Å². The molecular formula is C9H16FN. The number of hydrogen-bond donors (Lipinski definition) is 0. The summed E-state index contributed by atoms with van der Waals surface area (Å²) in [6, 6.07) is 0. The maximum Gasteiger partial charge on any atom is 0.121 e. The van der Waals surface area contributed by atoms with Gasteiger partial charge in [0, 0.05) is 12.1 Å². The van der Waals surface area contributed by atoms with Crippen LogP contribution in [0.25, 0.3) is 0 Å². The predicted molar refractivity (Wildman–Crippen MR) is 43.3 cm³/mol. The van der Waals surface area contributed by atoms with E-state index in [9.17, 15) is 4.39 Å². The van der Waals surface area contributed by atoms with Crippen LogP contribution < -0.4 is 0 Å². The standard InChI is InChI=1S/C9H16FN/c1-8(10)3-4-9(5-6-9)11(2)7-8/h3-7H2,1-2H3. The third kappa shape index (κ3) is 1.18. The van der Waals surface area contributed by atoms with Gasteiger partial charge in [0.2, 0.25) is 0 Å². The maximum absolute atomic E-state index is 13.5. The molecule has 1 heterocycles. The van der Waals surface area contributed by atoms with E-state index in [2.05, 4.69) is 11.9 Å². The number of nitrogens with zero attached hydrogens (tertiary/aromatic N) is 1. The van der Waals surface area contributed by atoms with Crippen molar-refractivity contribution in [2.24, 2.45) is 0 Å². The van der Waals surface area contributed by atoms with Crippen molar-refractivity contribution in [3.05, 3.63) is 0 Å². The fourth-order valence-corrected chi connectivity index (χ4v) is 2.20. The monoisotopic (exact) mass is 157 g/mol. The second-order valence-electron chi connectivity index (χ2n) is 4.49. The van der Waals surface area contributed by atoms with Crippen molar-refractivity contribution in [2.75, 3.05) is 13.6 Å². The van der Waals surface area contributed by atoms with Crippen molar-refractivity contribution in [2.45, 2.75) is 43.8 Å². The summed E-state index contributed by atoms with van der Waals surface area (Å²) in [5.41, 5.74) is -0.492. The zero-order valence-electron chi connectivity index (χ0n) is 7.36. The minimum absolute atomic E-state index is 0.436. The summed E-state index contributed by atoms with van der Waals surface area (Å²) in [5.74, 6) is 0. The normalized spacial score (nSPS) is 42.8. The quantitative estimate of drug-likeness (QED) is 0.519. The first-order valence-corrected chi connectivity index (χ1v) is 4.44. The molecule has 1 unspecified atom stereocenters. The highest BCUT2D eigenvalue weighted by Gasteiger charge is 2.51. The predicted octanol–water partition coefficient (Wildman–Crippen LogP) is 1.97. The van der Waals surface area contributed by atoms with Gasteiger partial charge in [0.15, 0.2) is 0 Å². The zero-order valence-corrected chi connectivity index (χ0v) is 7.36. The molecule has 64 valence electrons. The van der Waals surface area contributed by atoms with Crippen LogP contribution in [0.1, 0.15) is 32.6 Å². The molecule has 1 nitrogen and oxygen atoms in total. The van der Waals surface area contributed by atoms with Gasteiger partial charge < -0.3 is 0 Å². The van der Waals surface area contributed by atoms with Crippen molar-refractivity contribution >= 4 is 0 Å². The molecule has 1 aliphatic heterocycles. The number of piperidine rings is 1. The molecule has 1 atom stereocenters. The van der Waals surface area contributed by atoms with Gasteiger partial charge in [0.05, 0.1) is 0 Å². The molecule has 2 heteroatoms. The minimum Gasteiger partial charge on any atom is -0.298 e. The molecule has 2 rings (SSSR count). The molecule has 1 saturated heterocycles. The molecule has 2 fully saturated rings. The van der Waals surface area contributed by atoms with Crippen molar-refractivity contribution in [1.82, 2.24) is 4.90 Å². The molecule has 0 bridgehead atoms. The molecule has 11 heavy (non-hydrogen) atoms. The fraction of sp³-hybridized carbons (Fsp3) is 1.00. The Balaban J connectivity index is 2.05. The van der Waals surface area contributed by atoms with Gasteiger partial charge in [-0.25, -0.2) is 4.39 Å². The van der Waals surface area contributed by atoms with Crippen LogP contribution in [0.5, 0.6) is 0 Å². The molecule has 1 saturated carbocycles. The molecular weight excluding hydrogens is 141 g/mol. The van der Waals surface area contributed by atoms with Crippen LogP contribution in [0.3, 0.4) is 0 Å². The van der Waals surface area contributed by atoms with Crippen LogP contribution in [0.2, 0.25) is 0 Å². The Bertz CT molecular complexity index is 172. The van der Waals surface area contributed by atoms with Gasteiger partial charge in [0.25, 0.3) is 0 Å². The lowest BCUT2D eigenvalue weighted by molar-refractivity contribution is 0.0288. The van der Waals surface area contributed by atoms with Crippen LogP contribution in [0, 0.1) is 0 Å². The van der Waals surface area contributed by atoms with Crippen molar-refractivity contribution in [1.29, 1.82) is 0 Å². The molecule has 0 aromatic rings. The van der Waals surface area contributed by atoms with Gasteiger partial charge in [-0.1, -0.05) is 0 Å². The second kappa shape index (κ2) is 1.98. The summed E-state index contributed by atoms with van der Waals surface area (Å²) in [7, 11) is 2.06. The first-order valence-electron chi connectivity index (χ1n) is 4.44. The van der Waals surface area contributed by atoms with E-state index in [1.54, 1.807) is 6.92 Å². The number of likely N-dealkylation sites (tertiary alicyclic amines) is 1. The SMILES string of the molecule is CN1CC(C)(F)CCC12CC2. The van der Waals surface area contributed by atoms with E-state index in [0.29, 0.717) is 12.1 Å². The number of hydrogen-bond acceptors (Lipinski definition) is 1. The van der Waals surface area contributed by atoms with Gasteiger partial charge in [0.1, 0.15) is 5.67 Å². The summed E-state index contributed by atoms with van der Waals surface area (Å²) in [6.07, 6.45) is 4.41. The first kappa shape index (κ1) is 7.53. The molecule has 0 amide bonds. The Morgan fingerprint density at radius 1 is 1.18 bits per heavy atom. The zero-order chi connectivity index (χ0) is 8.11. The Morgan fingerprint density at radius 2 is 1.73 bits per heavy atom. The van der Waals surface area contributed by atoms with Gasteiger partial charge in [-0.2, -0.15) is 0 Å². The van der Waals surface area contributed by atoms with E-state index in [1.165, 1.54) is 12.8 Å². The van der Waals surface area contributed by atoms with Crippen molar-refractivity contribution in [3.63, 3.8) is 0 Å². The van der Waals surface area contributed by atoms with E-state index in [1.807, 2.05) is 0 Å². The highest BCUT2D eigenvalue weighted by Crippen LogP contribution is 2.49. The van der Waals surface area contributed by atoms with E-state index >= 15 is 0 Å². The number of rotatable bonds is 0. The number of alkyl halides is 1. The summed E-state index contributed by atoms with van der Waals surface area (Å²) in [5, 5.41) is 0. The van der Waals surface area contributed by atoms with E-state index < -0.39 is 5.67 Å². The van der Waals surface area contributed by atoms with Crippen LogP contribution in [0.4, 0.5) is 4.39 Å². The summed E-state index contributed by atoms with van der Waals surface area (Å²) in [6.45, 7) is 2.35. The Labute approximate surface area is 67.6 Å². The fourth-order valence-electron chi connectivity index (χ4n) is 2.20. The lowest BCUT2D eigenvalue weighted by Crippen LogP contribution is -2.48. The summed E-state index contributed by atoms with van der Waals surface area (Å²) < 4.78 is 13.5. The highest BCUT2D eigenvalue weighted by molar-refractivity contribution is 5.07. The third-order valence-electron chi connectivity index (χ3n) is 3.32. The molecule has 1 spiro atoms. The summed E-state index contributed by atoms with van der Waals surface area (Å²) in [4.78, 5) is 2.22. The highest BCUT2D eigenvalue weighted by atomic mass is 19.1. The van der Waals surface area contributed by atoms with E-state index in [0.717, 1.165) is 12.8 Å². The molecule has 0 radical (unpaired) electrons. The van der Waals surface area contributed by atoms with Gasteiger partial charge in [-0.3, -0.25) is 4.90 Å². The van der Waals surface area contributed by atoms with Crippen molar-refractivity contribution < 1.29 is 4.39 Å². The van der Waals surface area contributed by atoms with Crippen LogP contribution in [-0.2, 0) is 0 Å².